The summed E-state index contributed by atoms with van der Waals surface area (Å²) in [5.74, 6) is 0.717. The molecule has 0 spiro atoms. The molecule has 0 heterocycles. The number of nitrogens with two attached hydrogens (primary N) is 1. The monoisotopic (exact) mass is 339 g/mol. The van der Waals surface area contributed by atoms with E-state index in [9.17, 15) is 4.39 Å². The van der Waals surface area contributed by atoms with Gasteiger partial charge in [0.1, 0.15) is 22.3 Å². The standard InChI is InChI=1S/C14H11BrFNOS/c1-8-2-4-10(16)7-13(8)18-12-5-3-9(14(17)19)6-11(12)15/h2-7H,1H3,(H2,17,19). The van der Waals surface area contributed by atoms with E-state index in [1.54, 1.807) is 24.3 Å². The van der Waals surface area contributed by atoms with Gasteiger partial charge in [-0.3, -0.25) is 0 Å². The zero-order chi connectivity index (χ0) is 14.0. The van der Waals surface area contributed by atoms with E-state index >= 15 is 0 Å². The van der Waals surface area contributed by atoms with Crippen LogP contribution in [0.15, 0.2) is 40.9 Å². The van der Waals surface area contributed by atoms with Crippen molar-refractivity contribution in [2.45, 2.75) is 6.92 Å². The number of aryl methyl sites for hydroxylation is 1. The molecule has 2 rings (SSSR count). The SMILES string of the molecule is Cc1ccc(F)cc1Oc1ccc(C(N)=S)cc1Br. The van der Waals surface area contributed by atoms with Gasteiger partial charge in [0, 0.05) is 11.6 Å². The van der Waals surface area contributed by atoms with E-state index in [0.717, 1.165) is 11.1 Å². The Bertz CT molecular complexity index is 645. The quantitative estimate of drug-likeness (QED) is 0.845. The third-order valence-electron chi connectivity index (χ3n) is 2.59. The van der Waals surface area contributed by atoms with E-state index in [1.807, 2.05) is 6.92 Å². The maximum atomic E-state index is 13.2. The summed E-state index contributed by atoms with van der Waals surface area (Å²) in [6.45, 7) is 1.85. The van der Waals surface area contributed by atoms with Gasteiger partial charge in [-0.2, -0.15) is 0 Å². The summed E-state index contributed by atoms with van der Waals surface area (Å²) in [5, 5.41) is 0. The van der Waals surface area contributed by atoms with Crippen molar-refractivity contribution >= 4 is 33.1 Å². The van der Waals surface area contributed by atoms with Crippen molar-refractivity contribution in [2.75, 3.05) is 0 Å². The van der Waals surface area contributed by atoms with E-state index in [4.69, 9.17) is 22.7 Å². The minimum Gasteiger partial charge on any atom is -0.456 e. The lowest BCUT2D eigenvalue weighted by Gasteiger charge is -2.11. The highest BCUT2D eigenvalue weighted by Gasteiger charge is 2.08. The van der Waals surface area contributed by atoms with E-state index in [-0.39, 0.29) is 5.82 Å². The van der Waals surface area contributed by atoms with Gasteiger partial charge in [0.25, 0.3) is 0 Å². The van der Waals surface area contributed by atoms with Crippen LogP contribution in [0.5, 0.6) is 11.5 Å². The number of benzene rings is 2. The first-order chi connectivity index (χ1) is 8.97. The molecule has 0 atom stereocenters. The predicted molar refractivity (Wildman–Crippen MR) is 81.2 cm³/mol. The van der Waals surface area contributed by atoms with Crippen LogP contribution in [0.3, 0.4) is 0 Å². The first-order valence-corrected chi connectivity index (χ1v) is 6.71. The Hall–Kier alpha value is -1.46. The fourth-order valence-electron chi connectivity index (χ4n) is 1.54. The zero-order valence-corrected chi connectivity index (χ0v) is 12.5. The normalized spacial score (nSPS) is 10.3. The largest absolute Gasteiger partial charge is 0.456 e. The summed E-state index contributed by atoms with van der Waals surface area (Å²) in [6.07, 6.45) is 0. The van der Waals surface area contributed by atoms with Crippen LogP contribution in [0.4, 0.5) is 4.39 Å². The minimum atomic E-state index is -0.337. The van der Waals surface area contributed by atoms with Gasteiger partial charge < -0.3 is 10.5 Å². The number of hydrogen-bond donors (Lipinski definition) is 1. The second-order valence-electron chi connectivity index (χ2n) is 4.02. The van der Waals surface area contributed by atoms with Crippen molar-refractivity contribution in [2.24, 2.45) is 5.73 Å². The van der Waals surface area contributed by atoms with Gasteiger partial charge in [-0.1, -0.05) is 18.3 Å². The third-order valence-corrected chi connectivity index (χ3v) is 3.44. The smallest absolute Gasteiger partial charge is 0.141 e. The highest BCUT2D eigenvalue weighted by molar-refractivity contribution is 9.10. The Labute approximate surface area is 124 Å². The van der Waals surface area contributed by atoms with Crippen LogP contribution in [0.1, 0.15) is 11.1 Å². The minimum absolute atomic E-state index is 0.314. The Balaban J connectivity index is 2.33. The molecule has 98 valence electrons. The van der Waals surface area contributed by atoms with Gasteiger partial charge in [-0.05, 0) is 52.7 Å². The summed E-state index contributed by atoms with van der Waals surface area (Å²) in [7, 11) is 0. The first kappa shape index (κ1) is 14.0. The first-order valence-electron chi connectivity index (χ1n) is 5.51. The van der Waals surface area contributed by atoms with Crippen LogP contribution in [0, 0.1) is 12.7 Å². The van der Waals surface area contributed by atoms with Crippen LogP contribution in [-0.2, 0) is 0 Å². The van der Waals surface area contributed by atoms with Crippen LogP contribution in [0.2, 0.25) is 0 Å². The highest BCUT2D eigenvalue weighted by Crippen LogP contribution is 2.32. The molecule has 2 aromatic rings. The van der Waals surface area contributed by atoms with E-state index < -0.39 is 0 Å². The van der Waals surface area contributed by atoms with Crippen molar-refractivity contribution in [3.05, 3.63) is 57.8 Å². The summed E-state index contributed by atoms with van der Waals surface area (Å²) < 4.78 is 19.6. The van der Waals surface area contributed by atoms with Gasteiger partial charge in [-0.25, -0.2) is 4.39 Å². The maximum absolute atomic E-state index is 13.2. The molecular formula is C14H11BrFNOS. The molecule has 0 saturated heterocycles. The van der Waals surface area contributed by atoms with Crippen molar-refractivity contribution < 1.29 is 9.13 Å². The van der Waals surface area contributed by atoms with Crippen molar-refractivity contribution in [1.29, 1.82) is 0 Å². The number of hydrogen-bond acceptors (Lipinski definition) is 2. The van der Waals surface area contributed by atoms with Gasteiger partial charge in [0.2, 0.25) is 0 Å². The maximum Gasteiger partial charge on any atom is 0.141 e. The summed E-state index contributed by atoms with van der Waals surface area (Å²) in [6, 6.07) is 9.69. The molecule has 2 aromatic carbocycles. The molecule has 0 radical (unpaired) electrons. The second kappa shape index (κ2) is 5.67. The Kier molecular flexibility index (Phi) is 4.17. The van der Waals surface area contributed by atoms with E-state index in [0.29, 0.717) is 21.0 Å². The molecule has 0 aliphatic rings. The van der Waals surface area contributed by atoms with E-state index in [1.165, 1.54) is 12.1 Å². The lowest BCUT2D eigenvalue weighted by Crippen LogP contribution is -2.09. The number of halogens is 2. The number of thiocarbonyl (C=S) groups is 1. The van der Waals surface area contributed by atoms with Gasteiger partial charge in [-0.15, -0.1) is 0 Å². The molecule has 2 N–H and O–H groups in total. The molecule has 0 fully saturated rings. The molecule has 0 aliphatic carbocycles. The van der Waals surface area contributed by atoms with Gasteiger partial charge in [0.05, 0.1) is 4.47 Å². The highest BCUT2D eigenvalue weighted by atomic mass is 79.9. The van der Waals surface area contributed by atoms with Crippen LogP contribution < -0.4 is 10.5 Å². The van der Waals surface area contributed by atoms with Crippen LogP contribution in [0.25, 0.3) is 0 Å². The summed E-state index contributed by atoms with van der Waals surface area (Å²) in [5.41, 5.74) is 7.14. The molecule has 5 heteroatoms. The Morgan fingerprint density at radius 3 is 2.58 bits per heavy atom. The fourth-order valence-corrected chi connectivity index (χ4v) is 2.13. The van der Waals surface area contributed by atoms with Crippen molar-refractivity contribution in [3.63, 3.8) is 0 Å². The number of rotatable bonds is 3. The van der Waals surface area contributed by atoms with Crippen LogP contribution >= 0.6 is 28.1 Å². The molecule has 2 nitrogen and oxygen atoms in total. The molecule has 0 amide bonds. The number of ether oxygens (including phenoxy) is 1. The van der Waals surface area contributed by atoms with Gasteiger partial charge >= 0.3 is 0 Å². The predicted octanol–water partition coefficient (Wildman–Crippen LogP) is 4.32. The summed E-state index contributed by atoms with van der Waals surface area (Å²) in [4.78, 5) is 0.314. The molecule has 0 saturated carbocycles. The lowest BCUT2D eigenvalue weighted by atomic mass is 10.2. The average Bonchev–Trinajstić information content (AvgIpc) is 2.36. The van der Waals surface area contributed by atoms with Crippen molar-refractivity contribution in [3.8, 4) is 11.5 Å². The molecule has 0 aliphatic heterocycles. The fraction of sp³-hybridized carbons (Fsp3) is 0.0714. The average molecular weight is 340 g/mol. The van der Waals surface area contributed by atoms with E-state index in [2.05, 4.69) is 15.9 Å². The van der Waals surface area contributed by atoms with Crippen molar-refractivity contribution in [1.82, 2.24) is 0 Å². The second-order valence-corrected chi connectivity index (χ2v) is 5.32. The zero-order valence-electron chi connectivity index (χ0n) is 10.1. The molecule has 0 aromatic heterocycles. The molecule has 0 bridgehead atoms. The lowest BCUT2D eigenvalue weighted by molar-refractivity contribution is 0.470. The third kappa shape index (κ3) is 3.30. The molecule has 0 unspecified atom stereocenters. The Morgan fingerprint density at radius 1 is 1.21 bits per heavy atom. The Morgan fingerprint density at radius 2 is 1.95 bits per heavy atom. The summed E-state index contributed by atoms with van der Waals surface area (Å²) >= 11 is 8.28. The van der Waals surface area contributed by atoms with Crippen LogP contribution in [-0.4, -0.2) is 4.99 Å². The molecular weight excluding hydrogens is 329 g/mol. The topological polar surface area (TPSA) is 35.2 Å². The van der Waals surface area contributed by atoms with Gasteiger partial charge in [0.15, 0.2) is 0 Å². The molecule has 19 heavy (non-hydrogen) atoms.